The Morgan fingerprint density at radius 1 is 1.31 bits per heavy atom. The third-order valence-corrected chi connectivity index (χ3v) is 3.59. The van der Waals surface area contributed by atoms with Crippen LogP contribution in [-0.4, -0.2) is 15.0 Å². The Morgan fingerprint density at radius 2 is 1.94 bits per heavy atom. The van der Waals surface area contributed by atoms with Gasteiger partial charge in [-0.1, -0.05) is 18.2 Å². The molecule has 0 heterocycles. The van der Waals surface area contributed by atoms with E-state index in [0.717, 1.165) is 5.56 Å². The molecule has 0 bridgehead atoms. The van der Waals surface area contributed by atoms with E-state index in [0.29, 0.717) is 19.5 Å². The van der Waals surface area contributed by atoms with Gasteiger partial charge in [-0.2, -0.15) is 0 Å². The predicted octanol–water partition coefficient (Wildman–Crippen LogP) is 1.000. The van der Waals surface area contributed by atoms with Crippen LogP contribution in [0.5, 0.6) is 0 Å². The number of sulfonamides is 1. The molecule has 1 rings (SSSR count). The van der Waals surface area contributed by atoms with Crippen molar-refractivity contribution in [3.63, 3.8) is 0 Å². The standard InChI is InChI=1S/C11H16N2O2S/c1-2-3-8-13-16(14,15)11-6-4-10(9-12)5-7-11/h2,4-7,13H,1,3,8-9,12H2. The minimum atomic E-state index is -3.40. The van der Waals surface area contributed by atoms with Crippen molar-refractivity contribution in [3.05, 3.63) is 42.5 Å². The second-order valence-corrected chi connectivity index (χ2v) is 5.09. The van der Waals surface area contributed by atoms with Crippen LogP contribution in [0, 0.1) is 0 Å². The van der Waals surface area contributed by atoms with Gasteiger partial charge < -0.3 is 5.73 Å². The molecule has 1 aromatic carbocycles. The summed E-state index contributed by atoms with van der Waals surface area (Å²) in [7, 11) is -3.40. The van der Waals surface area contributed by atoms with Crippen molar-refractivity contribution in [3.8, 4) is 0 Å². The van der Waals surface area contributed by atoms with Gasteiger partial charge in [-0.25, -0.2) is 13.1 Å². The van der Waals surface area contributed by atoms with Gasteiger partial charge in [0.2, 0.25) is 10.0 Å². The summed E-state index contributed by atoms with van der Waals surface area (Å²) in [6, 6.07) is 6.53. The van der Waals surface area contributed by atoms with Gasteiger partial charge >= 0.3 is 0 Å². The average molecular weight is 240 g/mol. The first-order valence-electron chi connectivity index (χ1n) is 4.99. The first-order chi connectivity index (χ1) is 7.60. The van der Waals surface area contributed by atoms with Gasteiger partial charge in [0.1, 0.15) is 0 Å². The van der Waals surface area contributed by atoms with Crippen molar-refractivity contribution >= 4 is 10.0 Å². The first-order valence-corrected chi connectivity index (χ1v) is 6.48. The van der Waals surface area contributed by atoms with E-state index in [9.17, 15) is 8.42 Å². The normalized spacial score (nSPS) is 11.3. The van der Waals surface area contributed by atoms with E-state index >= 15 is 0 Å². The van der Waals surface area contributed by atoms with Gasteiger partial charge in [0, 0.05) is 13.1 Å². The first kappa shape index (κ1) is 12.9. The number of benzene rings is 1. The zero-order valence-corrected chi connectivity index (χ0v) is 9.83. The van der Waals surface area contributed by atoms with E-state index in [2.05, 4.69) is 11.3 Å². The van der Waals surface area contributed by atoms with E-state index in [4.69, 9.17) is 5.73 Å². The maximum absolute atomic E-state index is 11.7. The summed E-state index contributed by atoms with van der Waals surface area (Å²) in [5.41, 5.74) is 6.34. The number of hydrogen-bond donors (Lipinski definition) is 2. The third-order valence-electron chi connectivity index (χ3n) is 2.11. The fourth-order valence-electron chi connectivity index (χ4n) is 1.18. The van der Waals surface area contributed by atoms with Gasteiger partial charge in [-0.15, -0.1) is 6.58 Å². The minimum absolute atomic E-state index is 0.258. The van der Waals surface area contributed by atoms with Crippen LogP contribution in [0.2, 0.25) is 0 Å². The zero-order chi connectivity index (χ0) is 12.0. The monoisotopic (exact) mass is 240 g/mol. The molecule has 0 aliphatic carbocycles. The highest BCUT2D eigenvalue weighted by atomic mass is 32.2. The molecule has 0 radical (unpaired) electrons. The lowest BCUT2D eigenvalue weighted by atomic mass is 10.2. The number of nitrogens with one attached hydrogen (secondary N) is 1. The van der Waals surface area contributed by atoms with E-state index in [-0.39, 0.29) is 4.90 Å². The summed E-state index contributed by atoms with van der Waals surface area (Å²) in [4.78, 5) is 0.258. The topological polar surface area (TPSA) is 72.2 Å². The molecule has 0 saturated heterocycles. The van der Waals surface area contributed by atoms with Crippen LogP contribution in [0.15, 0.2) is 41.8 Å². The third kappa shape index (κ3) is 3.44. The van der Waals surface area contributed by atoms with E-state index in [1.165, 1.54) is 0 Å². The Labute approximate surface area is 96.2 Å². The highest BCUT2D eigenvalue weighted by Gasteiger charge is 2.11. The highest BCUT2D eigenvalue weighted by molar-refractivity contribution is 7.89. The molecule has 0 amide bonds. The van der Waals surface area contributed by atoms with Crippen LogP contribution in [0.25, 0.3) is 0 Å². The molecule has 0 unspecified atom stereocenters. The molecule has 0 saturated carbocycles. The lowest BCUT2D eigenvalue weighted by Gasteiger charge is -2.06. The summed E-state index contributed by atoms with van der Waals surface area (Å²) < 4.78 is 25.9. The van der Waals surface area contributed by atoms with E-state index in [1.807, 2.05) is 0 Å². The fraction of sp³-hybridized carbons (Fsp3) is 0.273. The smallest absolute Gasteiger partial charge is 0.240 e. The molecule has 5 heteroatoms. The Hall–Kier alpha value is -1.17. The molecule has 0 atom stereocenters. The molecule has 0 aliphatic rings. The summed E-state index contributed by atoms with van der Waals surface area (Å²) in [6.07, 6.45) is 2.28. The van der Waals surface area contributed by atoms with Crippen molar-refractivity contribution in [1.82, 2.24) is 4.72 Å². The molecule has 0 aromatic heterocycles. The maximum Gasteiger partial charge on any atom is 0.240 e. The van der Waals surface area contributed by atoms with Gasteiger partial charge in [0.05, 0.1) is 4.90 Å². The molecule has 4 nitrogen and oxygen atoms in total. The quantitative estimate of drug-likeness (QED) is 0.575. The number of rotatable bonds is 6. The molecule has 88 valence electrons. The highest BCUT2D eigenvalue weighted by Crippen LogP contribution is 2.09. The minimum Gasteiger partial charge on any atom is -0.326 e. The van der Waals surface area contributed by atoms with Crippen molar-refractivity contribution in [2.24, 2.45) is 5.73 Å². The summed E-state index contributed by atoms with van der Waals surface area (Å²) in [6.45, 7) is 4.30. The van der Waals surface area contributed by atoms with Gasteiger partial charge in [-0.3, -0.25) is 0 Å². The van der Waals surface area contributed by atoms with Crippen LogP contribution in [0.3, 0.4) is 0 Å². The average Bonchev–Trinajstić information content (AvgIpc) is 2.29. The Bertz CT molecular complexity index is 438. The number of nitrogens with two attached hydrogens (primary N) is 1. The molecule has 3 N–H and O–H groups in total. The summed E-state index contributed by atoms with van der Waals surface area (Å²) in [5, 5.41) is 0. The second-order valence-electron chi connectivity index (χ2n) is 3.32. The maximum atomic E-state index is 11.7. The van der Waals surface area contributed by atoms with Crippen molar-refractivity contribution in [1.29, 1.82) is 0 Å². The van der Waals surface area contributed by atoms with Gasteiger partial charge in [0.15, 0.2) is 0 Å². The van der Waals surface area contributed by atoms with E-state index in [1.54, 1.807) is 30.3 Å². The predicted molar refractivity (Wildman–Crippen MR) is 64.3 cm³/mol. The molecular formula is C11H16N2O2S. The number of hydrogen-bond acceptors (Lipinski definition) is 3. The van der Waals surface area contributed by atoms with Gasteiger partial charge in [0.25, 0.3) is 0 Å². The zero-order valence-electron chi connectivity index (χ0n) is 9.02. The Kier molecular flexibility index (Phi) is 4.67. The van der Waals surface area contributed by atoms with Crippen molar-refractivity contribution in [2.45, 2.75) is 17.9 Å². The van der Waals surface area contributed by atoms with Crippen LogP contribution in [0.4, 0.5) is 0 Å². The molecule has 16 heavy (non-hydrogen) atoms. The molecule has 0 fully saturated rings. The lowest BCUT2D eigenvalue weighted by molar-refractivity contribution is 0.582. The Balaban J connectivity index is 2.77. The lowest BCUT2D eigenvalue weighted by Crippen LogP contribution is -2.24. The molecule has 1 aromatic rings. The van der Waals surface area contributed by atoms with E-state index < -0.39 is 10.0 Å². The van der Waals surface area contributed by atoms with Gasteiger partial charge in [-0.05, 0) is 24.1 Å². The summed E-state index contributed by atoms with van der Waals surface area (Å²) >= 11 is 0. The van der Waals surface area contributed by atoms with Crippen LogP contribution in [0.1, 0.15) is 12.0 Å². The molecule has 0 spiro atoms. The largest absolute Gasteiger partial charge is 0.326 e. The molecular weight excluding hydrogens is 224 g/mol. The fourth-order valence-corrected chi connectivity index (χ4v) is 2.23. The summed E-state index contributed by atoms with van der Waals surface area (Å²) in [5.74, 6) is 0. The van der Waals surface area contributed by atoms with Crippen LogP contribution >= 0.6 is 0 Å². The van der Waals surface area contributed by atoms with Crippen molar-refractivity contribution in [2.75, 3.05) is 6.54 Å². The van der Waals surface area contributed by atoms with Crippen LogP contribution in [-0.2, 0) is 16.6 Å². The van der Waals surface area contributed by atoms with Crippen molar-refractivity contribution < 1.29 is 8.42 Å². The second kappa shape index (κ2) is 5.79. The SMILES string of the molecule is C=CCCNS(=O)(=O)c1ccc(CN)cc1. The van der Waals surface area contributed by atoms with Crippen LogP contribution < -0.4 is 10.5 Å². The molecule has 0 aliphatic heterocycles. The Morgan fingerprint density at radius 3 is 2.44 bits per heavy atom.